The van der Waals surface area contributed by atoms with Crippen molar-refractivity contribution >= 4 is 11.6 Å². The van der Waals surface area contributed by atoms with E-state index in [1.54, 1.807) is 0 Å². The molecule has 0 aromatic heterocycles. The lowest BCUT2D eigenvalue weighted by Crippen LogP contribution is -2.48. The second kappa shape index (κ2) is 6.57. The van der Waals surface area contributed by atoms with E-state index < -0.39 is 0 Å². The Morgan fingerprint density at radius 2 is 1.79 bits per heavy atom. The topological polar surface area (TPSA) is 49.6 Å². The first-order valence-corrected chi connectivity index (χ1v) is 7.03. The molecule has 2 N–H and O–H groups in total. The van der Waals surface area contributed by atoms with Gasteiger partial charge in [-0.25, -0.2) is 0 Å². The Morgan fingerprint density at radius 1 is 1.16 bits per heavy atom. The quantitative estimate of drug-likeness (QED) is 0.840. The Labute approximate surface area is 115 Å². The zero-order valence-corrected chi connectivity index (χ0v) is 11.6. The summed E-state index contributed by atoms with van der Waals surface area (Å²) in [7, 11) is 0. The average molecular weight is 261 g/mol. The van der Waals surface area contributed by atoms with Crippen LogP contribution in [0.25, 0.3) is 0 Å². The van der Waals surface area contributed by atoms with Gasteiger partial charge in [0.2, 0.25) is 5.91 Å². The highest BCUT2D eigenvalue weighted by Gasteiger charge is 2.20. The van der Waals surface area contributed by atoms with E-state index in [2.05, 4.69) is 24.0 Å². The van der Waals surface area contributed by atoms with Gasteiger partial charge >= 0.3 is 0 Å². The molecular formula is C15H23N3O. The molecule has 4 heteroatoms. The van der Waals surface area contributed by atoms with Crippen LogP contribution in [0.15, 0.2) is 24.3 Å². The normalized spacial score (nSPS) is 16.6. The Balaban J connectivity index is 1.80. The second-order valence-corrected chi connectivity index (χ2v) is 5.15. The van der Waals surface area contributed by atoms with Crippen LogP contribution in [-0.2, 0) is 11.3 Å². The van der Waals surface area contributed by atoms with E-state index in [4.69, 9.17) is 5.73 Å². The molecule has 0 unspecified atom stereocenters. The van der Waals surface area contributed by atoms with Crippen LogP contribution in [0.2, 0.25) is 0 Å². The summed E-state index contributed by atoms with van der Waals surface area (Å²) < 4.78 is 0. The molecule has 0 radical (unpaired) electrons. The molecule has 2 rings (SSSR count). The number of nitrogens with zero attached hydrogens (tertiary/aromatic N) is 2. The molecule has 104 valence electrons. The lowest BCUT2D eigenvalue weighted by atomic mass is 10.2. The Hall–Kier alpha value is -1.55. The van der Waals surface area contributed by atoms with Crippen LogP contribution in [0.3, 0.4) is 0 Å². The van der Waals surface area contributed by atoms with E-state index in [0.29, 0.717) is 12.3 Å². The second-order valence-electron chi connectivity index (χ2n) is 5.15. The molecule has 1 aliphatic rings. The van der Waals surface area contributed by atoms with Gasteiger partial charge in [-0.2, -0.15) is 0 Å². The highest BCUT2D eigenvalue weighted by molar-refractivity contribution is 5.76. The number of anilines is 1. The van der Waals surface area contributed by atoms with Crippen molar-refractivity contribution in [3.8, 4) is 0 Å². The molecule has 1 fully saturated rings. The van der Waals surface area contributed by atoms with Gasteiger partial charge in [-0.1, -0.05) is 19.1 Å². The van der Waals surface area contributed by atoms with E-state index >= 15 is 0 Å². The van der Waals surface area contributed by atoms with Gasteiger partial charge in [0.05, 0.1) is 0 Å². The summed E-state index contributed by atoms with van der Waals surface area (Å²) >= 11 is 0. The van der Waals surface area contributed by atoms with E-state index in [1.165, 1.54) is 5.56 Å². The molecule has 1 saturated heterocycles. The molecule has 1 aliphatic heterocycles. The zero-order chi connectivity index (χ0) is 13.7. The van der Waals surface area contributed by atoms with Crippen molar-refractivity contribution in [1.29, 1.82) is 0 Å². The number of nitrogens with two attached hydrogens (primary N) is 1. The minimum absolute atomic E-state index is 0.301. The highest BCUT2D eigenvalue weighted by atomic mass is 16.2. The maximum absolute atomic E-state index is 11.8. The first-order chi connectivity index (χ1) is 9.19. The Morgan fingerprint density at radius 3 is 2.37 bits per heavy atom. The molecule has 1 aromatic rings. The van der Waals surface area contributed by atoms with Crippen LogP contribution >= 0.6 is 0 Å². The molecule has 1 aromatic carbocycles. The number of benzene rings is 1. The number of hydrogen-bond acceptors (Lipinski definition) is 3. The van der Waals surface area contributed by atoms with E-state index in [0.717, 1.165) is 44.8 Å². The SMILES string of the molecule is CCCC(=O)N1CCN(Cc2ccc(N)cc2)CC1. The summed E-state index contributed by atoms with van der Waals surface area (Å²) in [6.07, 6.45) is 1.61. The van der Waals surface area contributed by atoms with Gasteiger partial charge in [0, 0.05) is 44.8 Å². The average Bonchev–Trinajstić information content (AvgIpc) is 2.42. The maximum Gasteiger partial charge on any atom is 0.222 e. The fraction of sp³-hybridized carbons (Fsp3) is 0.533. The zero-order valence-electron chi connectivity index (χ0n) is 11.6. The van der Waals surface area contributed by atoms with Crippen LogP contribution < -0.4 is 5.73 Å². The molecule has 0 saturated carbocycles. The van der Waals surface area contributed by atoms with Crippen LogP contribution in [0.4, 0.5) is 5.69 Å². The number of piperazine rings is 1. The van der Waals surface area contributed by atoms with E-state index in [9.17, 15) is 4.79 Å². The number of rotatable bonds is 4. The molecule has 1 heterocycles. The minimum atomic E-state index is 0.301. The van der Waals surface area contributed by atoms with Gasteiger partial charge in [0.15, 0.2) is 0 Å². The number of carbonyl (C=O) groups is 1. The molecule has 19 heavy (non-hydrogen) atoms. The van der Waals surface area contributed by atoms with E-state index in [1.807, 2.05) is 17.0 Å². The highest BCUT2D eigenvalue weighted by Crippen LogP contribution is 2.11. The maximum atomic E-state index is 11.8. The summed E-state index contributed by atoms with van der Waals surface area (Å²) in [4.78, 5) is 16.2. The molecule has 1 amide bonds. The molecule has 0 atom stereocenters. The van der Waals surface area contributed by atoms with Crippen molar-refractivity contribution in [2.24, 2.45) is 0 Å². The minimum Gasteiger partial charge on any atom is -0.399 e. The van der Waals surface area contributed by atoms with Crippen molar-refractivity contribution in [3.63, 3.8) is 0 Å². The molecule has 4 nitrogen and oxygen atoms in total. The summed E-state index contributed by atoms with van der Waals surface area (Å²) in [6.45, 7) is 6.62. The number of amides is 1. The summed E-state index contributed by atoms with van der Waals surface area (Å²) in [5.74, 6) is 0.301. The standard InChI is InChI=1S/C15H23N3O/c1-2-3-15(19)18-10-8-17(9-11-18)12-13-4-6-14(16)7-5-13/h4-7H,2-3,8-12,16H2,1H3. The third kappa shape index (κ3) is 3.96. The van der Waals surface area contributed by atoms with Gasteiger partial charge < -0.3 is 10.6 Å². The van der Waals surface area contributed by atoms with Gasteiger partial charge in [-0.3, -0.25) is 9.69 Å². The van der Waals surface area contributed by atoms with Gasteiger partial charge in [-0.05, 0) is 24.1 Å². The predicted octanol–water partition coefficient (Wildman–Crippen LogP) is 1.71. The summed E-state index contributed by atoms with van der Waals surface area (Å²) in [5, 5.41) is 0. The van der Waals surface area contributed by atoms with Crippen LogP contribution in [0, 0.1) is 0 Å². The molecular weight excluding hydrogens is 238 g/mol. The smallest absolute Gasteiger partial charge is 0.222 e. The number of hydrogen-bond donors (Lipinski definition) is 1. The third-order valence-corrected chi connectivity index (χ3v) is 3.57. The number of carbonyl (C=O) groups excluding carboxylic acids is 1. The summed E-state index contributed by atoms with van der Waals surface area (Å²) in [5.41, 5.74) is 7.77. The lowest BCUT2D eigenvalue weighted by molar-refractivity contribution is -0.133. The fourth-order valence-corrected chi connectivity index (χ4v) is 2.41. The van der Waals surface area contributed by atoms with Crippen molar-refractivity contribution in [2.75, 3.05) is 31.9 Å². The van der Waals surface area contributed by atoms with Crippen LogP contribution in [-0.4, -0.2) is 41.9 Å². The first kappa shape index (κ1) is 13.9. The van der Waals surface area contributed by atoms with Crippen LogP contribution in [0.5, 0.6) is 0 Å². The monoisotopic (exact) mass is 261 g/mol. The van der Waals surface area contributed by atoms with Crippen LogP contribution in [0.1, 0.15) is 25.3 Å². The van der Waals surface area contributed by atoms with E-state index in [-0.39, 0.29) is 0 Å². The Bertz CT molecular complexity index is 408. The van der Waals surface area contributed by atoms with Gasteiger partial charge in [0.25, 0.3) is 0 Å². The van der Waals surface area contributed by atoms with Crippen molar-refractivity contribution in [3.05, 3.63) is 29.8 Å². The largest absolute Gasteiger partial charge is 0.399 e. The lowest BCUT2D eigenvalue weighted by Gasteiger charge is -2.34. The third-order valence-electron chi connectivity index (χ3n) is 3.57. The van der Waals surface area contributed by atoms with Crippen molar-refractivity contribution in [1.82, 2.24) is 9.80 Å². The predicted molar refractivity (Wildman–Crippen MR) is 77.6 cm³/mol. The molecule has 0 spiro atoms. The fourth-order valence-electron chi connectivity index (χ4n) is 2.41. The van der Waals surface area contributed by atoms with Crippen molar-refractivity contribution in [2.45, 2.75) is 26.3 Å². The molecule has 0 aliphatic carbocycles. The first-order valence-electron chi connectivity index (χ1n) is 7.03. The van der Waals surface area contributed by atoms with Gasteiger partial charge in [0.1, 0.15) is 0 Å². The van der Waals surface area contributed by atoms with Crippen molar-refractivity contribution < 1.29 is 4.79 Å². The van der Waals surface area contributed by atoms with Gasteiger partial charge in [-0.15, -0.1) is 0 Å². The summed E-state index contributed by atoms with van der Waals surface area (Å²) in [6, 6.07) is 8.03. The Kier molecular flexibility index (Phi) is 4.80. The number of nitrogen functional groups attached to an aromatic ring is 1. The molecule has 0 bridgehead atoms.